The second kappa shape index (κ2) is 4.88. The lowest BCUT2D eigenvalue weighted by molar-refractivity contribution is 0.238. The van der Waals surface area contributed by atoms with E-state index in [1.165, 1.54) is 16.8 Å². The summed E-state index contributed by atoms with van der Waals surface area (Å²) in [6.45, 7) is 6.81. The minimum atomic E-state index is 0.323. The molecule has 1 aliphatic rings. The van der Waals surface area contributed by atoms with E-state index in [1.807, 2.05) is 0 Å². The van der Waals surface area contributed by atoms with E-state index < -0.39 is 0 Å². The molecule has 1 fully saturated rings. The molecule has 1 aromatic carbocycles. The van der Waals surface area contributed by atoms with Gasteiger partial charge in [-0.15, -0.1) is 0 Å². The average molecular weight is 219 g/mol. The first-order chi connectivity index (χ1) is 7.76. The molecule has 1 saturated heterocycles. The molecule has 0 aliphatic carbocycles. The highest BCUT2D eigenvalue weighted by molar-refractivity contribution is 5.60. The first-order valence-corrected chi connectivity index (χ1v) is 6.20. The Morgan fingerprint density at radius 2 is 2.25 bits per heavy atom. The number of hydrogen-bond donors (Lipinski definition) is 1. The number of hydrogen-bond acceptors (Lipinski definition) is 2. The van der Waals surface area contributed by atoms with Crippen molar-refractivity contribution in [3.63, 3.8) is 0 Å². The lowest BCUT2D eigenvalue weighted by atomic mass is 10.0. The summed E-state index contributed by atoms with van der Waals surface area (Å²) in [5.74, 6) is 0.462. The Labute approximate surface area is 97.9 Å². The van der Waals surface area contributed by atoms with E-state index in [9.17, 15) is 5.11 Å². The lowest BCUT2D eigenvalue weighted by Gasteiger charge is -2.24. The van der Waals surface area contributed by atoms with Gasteiger partial charge in [0.25, 0.3) is 0 Å². The molecule has 1 unspecified atom stereocenters. The molecule has 1 aliphatic heterocycles. The molecule has 2 heteroatoms. The summed E-state index contributed by atoms with van der Waals surface area (Å²) < 4.78 is 0. The fourth-order valence-electron chi connectivity index (χ4n) is 2.64. The number of aliphatic hydroxyl groups excluding tert-OH is 1. The van der Waals surface area contributed by atoms with Gasteiger partial charge in [0.15, 0.2) is 0 Å². The molecule has 0 aromatic heterocycles. The Hall–Kier alpha value is -1.02. The van der Waals surface area contributed by atoms with Gasteiger partial charge in [-0.25, -0.2) is 0 Å². The van der Waals surface area contributed by atoms with Gasteiger partial charge in [0.2, 0.25) is 0 Å². The maximum atomic E-state index is 9.20. The quantitative estimate of drug-likeness (QED) is 0.843. The van der Waals surface area contributed by atoms with Gasteiger partial charge < -0.3 is 10.0 Å². The Balaban J connectivity index is 2.26. The summed E-state index contributed by atoms with van der Waals surface area (Å²) in [5, 5.41) is 9.20. The Kier molecular flexibility index (Phi) is 3.49. The van der Waals surface area contributed by atoms with E-state index in [0.29, 0.717) is 12.5 Å². The summed E-state index contributed by atoms with van der Waals surface area (Å²) in [6.07, 6.45) is 2.20. The lowest BCUT2D eigenvalue weighted by Crippen LogP contribution is -2.22. The van der Waals surface area contributed by atoms with Gasteiger partial charge in [0.05, 0.1) is 0 Å². The van der Waals surface area contributed by atoms with Crippen LogP contribution < -0.4 is 4.90 Å². The molecule has 88 valence electrons. The van der Waals surface area contributed by atoms with Crippen LogP contribution in [0, 0.1) is 12.8 Å². The Morgan fingerprint density at radius 3 is 2.88 bits per heavy atom. The van der Waals surface area contributed by atoms with Crippen molar-refractivity contribution < 1.29 is 5.11 Å². The van der Waals surface area contributed by atoms with Gasteiger partial charge >= 0.3 is 0 Å². The number of aliphatic hydroxyl groups is 1. The second-order valence-electron chi connectivity index (χ2n) is 4.72. The number of nitrogens with zero attached hydrogens (tertiary/aromatic N) is 1. The molecule has 1 heterocycles. The van der Waals surface area contributed by atoms with Crippen molar-refractivity contribution in [2.45, 2.75) is 26.7 Å². The Bertz CT molecular complexity index is 362. The van der Waals surface area contributed by atoms with Crippen LogP contribution in [0.1, 0.15) is 24.5 Å². The van der Waals surface area contributed by atoms with Crippen LogP contribution in [0.5, 0.6) is 0 Å². The zero-order valence-electron chi connectivity index (χ0n) is 10.2. The number of para-hydroxylation sites is 1. The monoisotopic (exact) mass is 219 g/mol. The molecule has 1 N–H and O–H groups in total. The summed E-state index contributed by atoms with van der Waals surface area (Å²) in [6, 6.07) is 6.53. The SMILES string of the molecule is CCc1cccc(C)c1N1CCC(CO)C1. The molecule has 0 spiro atoms. The summed E-state index contributed by atoms with van der Waals surface area (Å²) in [7, 11) is 0. The average Bonchev–Trinajstić information content (AvgIpc) is 2.76. The van der Waals surface area contributed by atoms with Gasteiger partial charge in [0.1, 0.15) is 0 Å². The predicted molar refractivity (Wildman–Crippen MR) is 68.0 cm³/mol. The van der Waals surface area contributed by atoms with Gasteiger partial charge in [-0.3, -0.25) is 0 Å². The third kappa shape index (κ3) is 2.07. The van der Waals surface area contributed by atoms with Crippen LogP contribution in [-0.4, -0.2) is 24.8 Å². The fraction of sp³-hybridized carbons (Fsp3) is 0.571. The molecular weight excluding hydrogens is 198 g/mol. The first kappa shape index (κ1) is 11.5. The summed E-state index contributed by atoms with van der Waals surface area (Å²) >= 11 is 0. The van der Waals surface area contributed by atoms with E-state index in [-0.39, 0.29) is 0 Å². The van der Waals surface area contributed by atoms with E-state index in [2.05, 4.69) is 36.9 Å². The second-order valence-corrected chi connectivity index (χ2v) is 4.72. The normalized spacial score (nSPS) is 20.4. The summed E-state index contributed by atoms with van der Waals surface area (Å²) in [4.78, 5) is 2.44. The van der Waals surface area contributed by atoms with Gasteiger partial charge in [-0.05, 0) is 30.9 Å². The fourth-order valence-corrected chi connectivity index (χ4v) is 2.64. The molecule has 0 amide bonds. The van der Waals surface area contributed by atoms with Gasteiger partial charge in [-0.2, -0.15) is 0 Å². The number of anilines is 1. The van der Waals surface area contributed by atoms with E-state index >= 15 is 0 Å². The minimum Gasteiger partial charge on any atom is -0.396 e. The van der Waals surface area contributed by atoms with Crippen LogP contribution in [0.4, 0.5) is 5.69 Å². The van der Waals surface area contributed by atoms with Crippen molar-refractivity contribution in [2.24, 2.45) is 5.92 Å². The van der Waals surface area contributed by atoms with Crippen molar-refractivity contribution in [3.05, 3.63) is 29.3 Å². The van der Waals surface area contributed by atoms with E-state index in [4.69, 9.17) is 0 Å². The van der Waals surface area contributed by atoms with Gasteiger partial charge in [-0.1, -0.05) is 25.1 Å². The molecule has 0 bridgehead atoms. The van der Waals surface area contributed by atoms with Crippen molar-refractivity contribution in [1.29, 1.82) is 0 Å². The molecule has 0 saturated carbocycles. The molecule has 1 aromatic rings. The number of benzene rings is 1. The smallest absolute Gasteiger partial charge is 0.0476 e. The van der Waals surface area contributed by atoms with E-state index in [1.54, 1.807) is 0 Å². The highest BCUT2D eigenvalue weighted by Crippen LogP contribution is 2.30. The third-order valence-corrected chi connectivity index (χ3v) is 3.56. The van der Waals surface area contributed by atoms with Crippen LogP contribution in [0.3, 0.4) is 0 Å². The van der Waals surface area contributed by atoms with Crippen molar-refractivity contribution in [1.82, 2.24) is 0 Å². The van der Waals surface area contributed by atoms with E-state index in [0.717, 1.165) is 25.9 Å². The highest BCUT2D eigenvalue weighted by atomic mass is 16.3. The summed E-state index contributed by atoms with van der Waals surface area (Å²) in [5.41, 5.74) is 4.19. The van der Waals surface area contributed by atoms with Crippen LogP contribution in [0.2, 0.25) is 0 Å². The molecule has 2 rings (SSSR count). The van der Waals surface area contributed by atoms with Crippen molar-refractivity contribution in [3.8, 4) is 0 Å². The molecule has 1 atom stereocenters. The zero-order valence-corrected chi connectivity index (χ0v) is 10.2. The molecule has 2 nitrogen and oxygen atoms in total. The standard InChI is InChI=1S/C14H21NO/c1-3-13-6-4-5-11(2)14(13)15-8-7-12(9-15)10-16/h4-6,12,16H,3,7-10H2,1-2H3. The number of aryl methyl sites for hydroxylation is 2. The first-order valence-electron chi connectivity index (χ1n) is 6.20. The zero-order chi connectivity index (χ0) is 11.5. The topological polar surface area (TPSA) is 23.5 Å². The molecule has 0 radical (unpaired) electrons. The maximum Gasteiger partial charge on any atom is 0.0476 e. The molecule has 16 heavy (non-hydrogen) atoms. The van der Waals surface area contributed by atoms with Gasteiger partial charge in [0, 0.05) is 31.3 Å². The van der Waals surface area contributed by atoms with Crippen LogP contribution in [0.15, 0.2) is 18.2 Å². The largest absolute Gasteiger partial charge is 0.396 e. The molecular formula is C14H21NO. The minimum absolute atomic E-state index is 0.323. The predicted octanol–water partition coefficient (Wildman–Crippen LogP) is 2.38. The van der Waals surface area contributed by atoms with Crippen LogP contribution in [-0.2, 0) is 6.42 Å². The highest BCUT2D eigenvalue weighted by Gasteiger charge is 2.24. The third-order valence-electron chi connectivity index (χ3n) is 3.56. The van der Waals surface area contributed by atoms with Crippen LogP contribution in [0.25, 0.3) is 0 Å². The van der Waals surface area contributed by atoms with Crippen molar-refractivity contribution >= 4 is 5.69 Å². The van der Waals surface area contributed by atoms with Crippen LogP contribution >= 0.6 is 0 Å². The Morgan fingerprint density at radius 1 is 1.44 bits per heavy atom. The number of rotatable bonds is 3. The maximum absolute atomic E-state index is 9.20. The van der Waals surface area contributed by atoms with Crippen molar-refractivity contribution in [2.75, 3.05) is 24.6 Å².